The largest absolute Gasteiger partial charge is 0.436 e. The minimum absolute atomic E-state index is 0.193. The third-order valence-corrected chi connectivity index (χ3v) is 4.24. The molecule has 0 unspecified atom stereocenters. The first-order valence-corrected chi connectivity index (χ1v) is 7.42. The van der Waals surface area contributed by atoms with Gasteiger partial charge in [-0.25, -0.2) is 4.98 Å². The zero-order valence-corrected chi connectivity index (χ0v) is 12.6. The SMILES string of the molecule is CCc1cc2c(Oc3cccnc3C)nc(Cl)nc2s1. The standard InChI is InChI=1S/C14H12ClN3OS/c1-3-9-7-10-12(17-14(15)18-13(10)20-9)19-11-5-4-6-16-8(11)2/h4-7H,3H2,1-2H3. The molecule has 0 spiro atoms. The Balaban J connectivity index is 2.11. The second-order valence-corrected chi connectivity index (χ2v) is 5.73. The van der Waals surface area contributed by atoms with Gasteiger partial charge in [0.25, 0.3) is 0 Å². The first kappa shape index (κ1) is 13.3. The van der Waals surface area contributed by atoms with E-state index in [2.05, 4.69) is 27.9 Å². The van der Waals surface area contributed by atoms with Crippen LogP contribution in [0.1, 0.15) is 17.5 Å². The number of ether oxygens (including phenoxy) is 1. The average Bonchev–Trinajstić information content (AvgIpc) is 2.84. The van der Waals surface area contributed by atoms with Gasteiger partial charge < -0.3 is 4.74 Å². The zero-order valence-electron chi connectivity index (χ0n) is 11.1. The number of halogens is 1. The summed E-state index contributed by atoms with van der Waals surface area (Å²) in [6.07, 6.45) is 2.68. The second-order valence-electron chi connectivity index (χ2n) is 4.27. The lowest BCUT2D eigenvalue weighted by Gasteiger charge is -2.07. The molecule has 0 bridgehead atoms. The van der Waals surface area contributed by atoms with Crippen LogP contribution in [0.15, 0.2) is 24.4 Å². The molecule has 0 saturated carbocycles. The molecular formula is C14H12ClN3OS. The molecule has 0 aliphatic rings. The van der Waals surface area contributed by atoms with Crippen molar-refractivity contribution in [3.05, 3.63) is 40.3 Å². The number of rotatable bonds is 3. The molecule has 3 rings (SSSR count). The number of nitrogens with zero attached hydrogens (tertiary/aromatic N) is 3. The van der Waals surface area contributed by atoms with Crippen LogP contribution in [-0.4, -0.2) is 15.0 Å². The van der Waals surface area contributed by atoms with E-state index in [0.29, 0.717) is 11.6 Å². The maximum atomic E-state index is 5.97. The van der Waals surface area contributed by atoms with Crippen LogP contribution >= 0.6 is 22.9 Å². The molecule has 0 radical (unpaired) electrons. The van der Waals surface area contributed by atoms with Crippen molar-refractivity contribution in [1.29, 1.82) is 0 Å². The van der Waals surface area contributed by atoms with Crippen molar-refractivity contribution in [2.45, 2.75) is 20.3 Å². The van der Waals surface area contributed by atoms with E-state index in [9.17, 15) is 0 Å². The Morgan fingerprint density at radius 2 is 2.20 bits per heavy atom. The summed E-state index contributed by atoms with van der Waals surface area (Å²) in [5, 5.41) is 1.08. The molecule has 4 nitrogen and oxygen atoms in total. The fraction of sp³-hybridized carbons (Fsp3) is 0.214. The van der Waals surface area contributed by atoms with Crippen molar-refractivity contribution < 1.29 is 4.74 Å². The number of aryl methyl sites for hydroxylation is 2. The first-order valence-electron chi connectivity index (χ1n) is 6.23. The van der Waals surface area contributed by atoms with Crippen LogP contribution in [0.3, 0.4) is 0 Å². The van der Waals surface area contributed by atoms with Gasteiger partial charge in [0.1, 0.15) is 4.83 Å². The van der Waals surface area contributed by atoms with Gasteiger partial charge >= 0.3 is 0 Å². The highest BCUT2D eigenvalue weighted by molar-refractivity contribution is 7.18. The number of aromatic nitrogens is 3. The Morgan fingerprint density at radius 3 is 2.95 bits per heavy atom. The molecule has 0 amide bonds. The molecule has 0 saturated heterocycles. The number of hydrogen-bond donors (Lipinski definition) is 0. The summed E-state index contributed by atoms with van der Waals surface area (Å²) < 4.78 is 5.87. The van der Waals surface area contributed by atoms with Crippen LogP contribution in [0.5, 0.6) is 11.6 Å². The van der Waals surface area contributed by atoms with Crippen LogP contribution in [0.4, 0.5) is 0 Å². The van der Waals surface area contributed by atoms with E-state index >= 15 is 0 Å². The van der Waals surface area contributed by atoms with Gasteiger partial charge in [-0.1, -0.05) is 6.92 Å². The van der Waals surface area contributed by atoms with Crippen LogP contribution in [0, 0.1) is 6.92 Å². The smallest absolute Gasteiger partial charge is 0.232 e. The highest BCUT2D eigenvalue weighted by atomic mass is 35.5. The van der Waals surface area contributed by atoms with Crippen molar-refractivity contribution in [1.82, 2.24) is 15.0 Å². The fourth-order valence-electron chi connectivity index (χ4n) is 1.85. The molecule has 102 valence electrons. The lowest BCUT2D eigenvalue weighted by Crippen LogP contribution is -1.94. The number of hydrogen-bond acceptors (Lipinski definition) is 5. The molecule has 6 heteroatoms. The predicted octanol–water partition coefficient (Wildman–Crippen LogP) is 4.40. The van der Waals surface area contributed by atoms with Gasteiger partial charge in [0, 0.05) is 11.1 Å². The summed E-state index contributed by atoms with van der Waals surface area (Å²) >= 11 is 7.58. The van der Waals surface area contributed by atoms with Gasteiger partial charge in [0.05, 0.1) is 11.1 Å². The highest BCUT2D eigenvalue weighted by Crippen LogP contribution is 2.34. The summed E-state index contributed by atoms with van der Waals surface area (Å²) in [6.45, 7) is 3.99. The molecule has 0 atom stereocenters. The first-order chi connectivity index (χ1) is 9.67. The second kappa shape index (κ2) is 5.34. The van der Waals surface area contributed by atoms with Gasteiger partial charge in [-0.05, 0) is 43.1 Å². The Kier molecular flexibility index (Phi) is 3.54. The predicted molar refractivity (Wildman–Crippen MR) is 80.9 cm³/mol. The molecular weight excluding hydrogens is 294 g/mol. The monoisotopic (exact) mass is 305 g/mol. The quantitative estimate of drug-likeness (QED) is 0.673. The molecule has 20 heavy (non-hydrogen) atoms. The average molecular weight is 306 g/mol. The number of pyridine rings is 1. The van der Waals surface area contributed by atoms with Gasteiger partial charge in [-0.3, -0.25) is 4.98 Å². The maximum absolute atomic E-state index is 5.97. The van der Waals surface area contributed by atoms with Gasteiger partial charge in [0.2, 0.25) is 11.2 Å². The third kappa shape index (κ3) is 2.46. The zero-order chi connectivity index (χ0) is 14.1. The molecule has 0 fully saturated rings. The highest BCUT2D eigenvalue weighted by Gasteiger charge is 2.13. The molecule has 0 N–H and O–H groups in total. The van der Waals surface area contributed by atoms with Gasteiger partial charge in [0.15, 0.2) is 5.75 Å². The molecule has 3 aromatic heterocycles. The minimum atomic E-state index is 0.193. The summed E-state index contributed by atoms with van der Waals surface area (Å²) in [4.78, 5) is 14.7. The summed E-state index contributed by atoms with van der Waals surface area (Å²) in [5.74, 6) is 1.15. The molecule has 0 aliphatic carbocycles. The van der Waals surface area contributed by atoms with E-state index in [1.807, 2.05) is 19.1 Å². The topological polar surface area (TPSA) is 47.9 Å². The normalized spacial score (nSPS) is 10.9. The van der Waals surface area contributed by atoms with Crippen LogP contribution in [0.25, 0.3) is 10.2 Å². The van der Waals surface area contributed by atoms with E-state index in [-0.39, 0.29) is 5.28 Å². The molecule has 3 aromatic rings. The van der Waals surface area contributed by atoms with Crippen molar-refractivity contribution >= 4 is 33.2 Å². The summed E-state index contributed by atoms with van der Waals surface area (Å²) in [5.41, 5.74) is 0.807. The van der Waals surface area contributed by atoms with E-state index in [0.717, 1.165) is 22.3 Å². The summed E-state index contributed by atoms with van der Waals surface area (Å²) in [6, 6.07) is 5.74. The van der Waals surface area contributed by atoms with Crippen LogP contribution in [0.2, 0.25) is 5.28 Å². The molecule has 0 aromatic carbocycles. The Hall–Kier alpha value is -1.72. The van der Waals surface area contributed by atoms with Crippen molar-refractivity contribution in [2.75, 3.05) is 0 Å². The molecule has 3 heterocycles. The van der Waals surface area contributed by atoms with Crippen molar-refractivity contribution in [3.63, 3.8) is 0 Å². The number of thiophene rings is 1. The minimum Gasteiger partial charge on any atom is -0.436 e. The molecule has 0 aliphatic heterocycles. The number of fused-ring (bicyclic) bond motifs is 1. The van der Waals surface area contributed by atoms with E-state index in [4.69, 9.17) is 16.3 Å². The van der Waals surface area contributed by atoms with E-state index in [1.165, 1.54) is 4.88 Å². The lowest BCUT2D eigenvalue weighted by atomic mass is 10.3. The van der Waals surface area contributed by atoms with Gasteiger partial charge in [-0.15, -0.1) is 11.3 Å². The van der Waals surface area contributed by atoms with Gasteiger partial charge in [-0.2, -0.15) is 4.98 Å². The lowest BCUT2D eigenvalue weighted by molar-refractivity contribution is 0.462. The fourth-order valence-corrected chi connectivity index (χ4v) is 3.02. The third-order valence-electron chi connectivity index (χ3n) is 2.90. The van der Waals surface area contributed by atoms with Crippen LogP contribution in [-0.2, 0) is 6.42 Å². The Morgan fingerprint density at radius 1 is 1.35 bits per heavy atom. The Labute approximate surface area is 125 Å². The van der Waals surface area contributed by atoms with E-state index < -0.39 is 0 Å². The maximum Gasteiger partial charge on any atom is 0.232 e. The van der Waals surface area contributed by atoms with Crippen molar-refractivity contribution in [2.24, 2.45) is 0 Å². The van der Waals surface area contributed by atoms with Crippen molar-refractivity contribution in [3.8, 4) is 11.6 Å². The van der Waals surface area contributed by atoms with E-state index in [1.54, 1.807) is 17.5 Å². The summed E-state index contributed by atoms with van der Waals surface area (Å²) in [7, 11) is 0. The van der Waals surface area contributed by atoms with Crippen LogP contribution < -0.4 is 4.74 Å². The Bertz CT molecular complexity index is 772.